The highest BCUT2D eigenvalue weighted by atomic mass is 35.5. The van der Waals surface area contributed by atoms with Crippen LogP contribution in [0.2, 0.25) is 5.02 Å². The minimum atomic E-state index is -3.61. The number of methoxy groups -OCH3 is 1. The van der Waals surface area contributed by atoms with E-state index in [0.29, 0.717) is 11.4 Å². The molecule has 0 heterocycles. The van der Waals surface area contributed by atoms with Gasteiger partial charge in [0.05, 0.1) is 24.1 Å². The number of hydrogen-bond acceptors (Lipinski definition) is 4. The highest BCUT2D eigenvalue weighted by molar-refractivity contribution is 7.92. The summed E-state index contributed by atoms with van der Waals surface area (Å²) in [5.74, 6) is 0.133. The first-order valence-corrected chi connectivity index (χ1v) is 9.64. The molecule has 0 radical (unpaired) electrons. The van der Waals surface area contributed by atoms with E-state index in [4.69, 9.17) is 16.3 Å². The molecule has 2 rings (SSSR count). The number of sulfonamides is 1. The molecule has 1 N–H and O–H groups in total. The van der Waals surface area contributed by atoms with Crippen LogP contribution in [0.5, 0.6) is 5.75 Å². The fraction of sp³-hybridized carbons (Fsp3) is 0.533. The van der Waals surface area contributed by atoms with Crippen molar-refractivity contribution >= 4 is 33.2 Å². The van der Waals surface area contributed by atoms with Crippen molar-refractivity contribution in [1.82, 2.24) is 5.32 Å². The molecule has 8 heteroatoms. The van der Waals surface area contributed by atoms with Crippen LogP contribution in [0, 0.1) is 0 Å². The molecule has 6 nitrogen and oxygen atoms in total. The molecule has 1 aromatic carbocycles. The van der Waals surface area contributed by atoms with E-state index >= 15 is 0 Å². The average molecular weight is 361 g/mol. The molecule has 0 saturated heterocycles. The molecular weight excluding hydrogens is 340 g/mol. The van der Waals surface area contributed by atoms with Crippen LogP contribution in [0.25, 0.3) is 0 Å². The smallest absolute Gasteiger partial charge is 0.240 e. The van der Waals surface area contributed by atoms with Crippen molar-refractivity contribution in [2.75, 3.05) is 24.2 Å². The summed E-state index contributed by atoms with van der Waals surface area (Å²) in [6.07, 6.45) is 5.13. The second-order valence-corrected chi connectivity index (χ2v) is 7.95. The lowest BCUT2D eigenvalue weighted by Gasteiger charge is -2.23. The van der Waals surface area contributed by atoms with Gasteiger partial charge in [0.15, 0.2) is 0 Å². The van der Waals surface area contributed by atoms with E-state index in [1.807, 2.05) is 0 Å². The van der Waals surface area contributed by atoms with Gasteiger partial charge in [0.25, 0.3) is 0 Å². The molecule has 0 spiro atoms. The second-order valence-electron chi connectivity index (χ2n) is 5.64. The van der Waals surface area contributed by atoms with Crippen molar-refractivity contribution in [2.24, 2.45) is 0 Å². The molecule has 1 aliphatic carbocycles. The predicted octanol–water partition coefficient (Wildman–Crippen LogP) is 2.17. The van der Waals surface area contributed by atoms with Crippen molar-refractivity contribution in [3.8, 4) is 5.75 Å². The molecule has 0 aliphatic heterocycles. The number of carbonyl (C=O) groups is 1. The zero-order chi connectivity index (χ0) is 17.0. The number of halogens is 1. The zero-order valence-electron chi connectivity index (χ0n) is 13.2. The number of nitrogens with zero attached hydrogens (tertiary/aromatic N) is 1. The molecule has 0 unspecified atom stereocenters. The number of carbonyl (C=O) groups excluding carboxylic acids is 1. The first-order chi connectivity index (χ1) is 10.8. The summed E-state index contributed by atoms with van der Waals surface area (Å²) >= 11 is 6.05. The number of anilines is 1. The number of amides is 1. The van der Waals surface area contributed by atoms with Gasteiger partial charge >= 0.3 is 0 Å². The lowest BCUT2D eigenvalue weighted by Crippen LogP contribution is -2.43. The molecule has 1 fully saturated rings. The Morgan fingerprint density at radius 3 is 2.57 bits per heavy atom. The van der Waals surface area contributed by atoms with Gasteiger partial charge in [0.2, 0.25) is 15.9 Å². The van der Waals surface area contributed by atoms with Crippen LogP contribution in [-0.4, -0.2) is 40.3 Å². The molecule has 0 bridgehead atoms. The first kappa shape index (κ1) is 17.9. The quantitative estimate of drug-likeness (QED) is 0.843. The van der Waals surface area contributed by atoms with Crippen LogP contribution in [-0.2, 0) is 14.8 Å². The number of nitrogens with one attached hydrogen (secondary N) is 1. The van der Waals surface area contributed by atoms with Crippen molar-refractivity contribution in [2.45, 2.75) is 31.7 Å². The Bertz CT molecular complexity index is 672. The van der Waals surface area contributed by atoms with E-state index < -0.39 is 10.0 Å². The molecule has 1 aliphatic rings. The van der Waals surface area contributed by atoms with Crippen LogP contribution in [0.3, 0.4) is 0 Å². The fourth-order valence-corrected chi connectivity index (χ4v) is 3.78. The van der Waals surface area contributed by atoms with Crippen LogP contribution in [0.15, 0.2) is 18.2 Å². The maximum atomic E-state index is 12.2. The van der Waals surface area contributed by atoms with E-state index in [1.165, 1.54) is 13.2 Å². The monoisotopic (exact) mass is 360 g/mol. The topological polar surface area (TPSA) is 75.7 Å². The highest BCUT2D eigenvalue weighted by Crippen LogP contribution is 2.30. The van der Waals surface area contributed by atoms with Crippen LogP contribution < -0.4 is 14.4 Å². The van der Waals surface area contributed by atoms with Gasteiger partial charge in [-0.2, -0.15) is 0 Å². The van der Waals surface area contributed by atoms with Crippen molar-refractivity contribution in [3.63, 3.8) is 0 Å². The van der Waals surface area contributed by atoms with Crippen molar-refractivity contribution < 1.29 is 17.9 Å². The molecule has 1 aromatic rings. The minimum Gasteiger partial charge on any atom is -0.495 e. The molecule has 0 atom stereocenters. The number of benzene rings is 1. The molecule has 128 valence electrons. The summed E-state index contributed by atoms with van der Waals surface area (Å²) in [4.78, 5) is 12.2. The van der Waals surface area contributed by atoms with Gasteiger partial charge in [-0.15, -0.1) is 0 Å². The number of ether oxygens (including phenoxy) is 1. The standard InChI is InChI=1S/C15H21ClN2O4S/c1-22-14-8-7-12(9-13(14)16)18(23(2,20)21)10-15(19)17-11-5-3-4-6-11/h7-9,11H,3-6,10H2,1-2H3,(H,17,19). The summed E-state index contributed by atoms with van der Waals surface area (Å²) in [5, 5.41) is 3.17. The molecular formula is C15H21ClN2O4S. The number of rotatable bonds is 6. The van der Waals surface area contributed by atoms with E-state index in [1.54, 1.807) is 12.1 Å². The third kappa shape index (κ3) is 4.75. The van der Waals surface area contributed by atoms with E-state index in [2.05, 4.69) is 5.32 Å². The Morgan fingerprint density at radius 1 is 1.39 bits per heavy atom. The summed E-state index contributed by atoms with van der Waals surface area (Å²) in [6, 6.07) is 4.76. The Hall–Kier alpha value is -1.47. The summed E-state index contributed by atoms with van der Waals surface area (Å²) < 4.78 is 30.2. The average Bonchev–Trinajstić information content (AvgIpc) is 2.96. The maximum Gasteiger partial charge on any atom is 0.240 e. The van der Waals surface area contributed by atoms with Gasteiger partial charge in [-0.05, 0) is 31.0 Å². The van der Waals surface area contributed by atoms with E-state index in [-0.39, 0.29) is 23.5 Å². The predicted molar refractivity (Wildman–Crippen MR) is 90.6 cm³/mol. The second kappa shape index (κ2) is 7.40. The SMILES string of the molecule is COc1ccc(N(CC(=O)NC2CCCC2)S(C)(=O)=O)cc1Cl. The Labute approximate surface area is 141 Å². The van der Waals surface area contributed by atoms with Crippen molar-refractivity contribution in [1.29, 1.82) is 0 Å². The van der Waals surface area contributed by atoms with Gasteiger partial charge in [-0.1, -0.05) is 24.4 Å². The normalized spacial score (nSPS) is 15.4. The molecule has 1 saturated carbocycles. The third-order valence-corrected chi connectivity index (χ3v) is 5.27. The first-order valence-electron chi connectivity index (χ1n) is 7.42. The van der Waals surface area contributed by atoms with E-state index in [9.17, 15) is 13.2 Å². The molecule has 1 amide bonds. The van der Waals surface area contributed by atoms with Gasteiger partial charge < -0.3 is 10.1 Å². The van der Waals surface area contributed by atoms with Gasteiger partial charge in [0, 0.05) is 6.04 Å². The summed E-state index contributed by atoms with van der Waals surface area (Å²) in [5.41, 5.74) is 0.333. The Balaban J connectivity index is 2.17. The van der Waals surface area contributed by atoms with Crippen LogP contribution in [0.4, 0.5) is 5.69 Å². The highest BCUT2D eigenvalue weighted by Gasteiger charge is 2.24. The van der Waals surface area contributed by atoms with Gasteiger partial charge in [-0.3, -0.25) is 9.10 Å². The molecule has 0 aromatic heterocycles. The Kier molecular flexibility index (Phi) is 5.75. The van der Waals surface area contributed by atoms with Gasteiger partial charge in [0.1, 0.15) is 12.3 Å². The van der Waals surface area contributed by atoms with E-state index in [0.717, 1.165) is 36.2 Å². The lowest BCUT2D eigenvalue weighted by atomic mass is 10.2. The Morgan fingerprint density at radius 2 is 2.04 bits per heavy atom. The minimum absolute atomic E-state index is 0.142. The fourth-order valence-electron chi connectivity index (χ4n) is 2.68. The summed E-state index contributed by atoms with van der Waals surface area (Å²) in [7, 11) is -2.13. The number of hydrogen-bond donors (Lipinski definition) is 1. The van der Waals surface area contributed by atoms with Gasteiger partial charge in [-0.25, -0.2) is 8.42 Å². The maximum absolute atomic E-state index is 12.2. The van der Waals surface area contributed by atoms with Crippen molar-refractivity contribution in [3.05, 3.63) is 23.2 Å². The molecule has 23 heavy (non-hydrogen) atoms. The van der Waals surface area contributed by atoms with Crippen LogP contribution >= 0.6 is 11.6 Å². The largest absolute Gasteiger partial charge is 0.495 e. The third-order valence-electron chi connectivity index (χ3n) is 3.83. The summed E-state index contributed by atoms with van der Waals surface area (Å²) in [6.45, 7) is -0.266. The zero-order valence-corrected chi connectivity index (χ0v) is 14.8. The lowest BCUT2D eigenvalue weighted by molar-refractivity contribution is -0.120. The van der Waals surface area contributed by atoms with Crippen LogP contribution in [0.1, 0.15) is 25.7 Å².